The molecule has 0 unspecified atom stereocenters. The van der Waals surface area contributed by atoms with Crippen molar-refractivity contribution in [1.82, 2.24) is 0 Å². The molecule has 1 aromatic heterocycles. The fourth-order valence-electron chi connectivity index (χ4n) is 2.39. The molecule has 1 heterocycles. The molecule has 82 valence electrons. The van der Waals surface area contributed by atoms with Crippen LogP contribution in [0.25, 0.3) is 0 Å². The lowest BCUT2D eigenvalue weighted by Gasteiger charge is -2.25. The largest absolute Gasteiger partial charge is 0.458 e. The molecule has 2 heteroatoms. The Hall–Kier alpha value is -1.05. The van der Waals surface area contributed by atoms with E-state index in [0.29, 0.717) is 5.76 Å². The van der Waals surface area contributed by atoms with Crippen molar-refractivity contribution in [3.05, 3.63) is 23.7 Å². The predicted octanol–water partition coefficient (Wildman–Crippen LogP) is 3.46. The van der Waals surface area contributed by atoms with E-state index in [-0.39, 0.29) is 0 Å². The van der Waals surface area contributed by atoms with Gasteiger partial charge in [0.05, 0.1) is 0 Å². The summed E-state index contributed by atoms with van der Waals surface area (Å²) in [4.78, 5) is 10.5. The molecule has 0 saturated heterocycles. The third-order valence-electron chi connectivity index (χ3n) is 3.42. The lowest BCUT2D eigenvalue weighted by molar-refractivity contribution is 0.109. The lowest BCUT2D eigenvalue weighted by Crippen LogP contribution is -2.14. The van der Waals surface area contributed by atoms with Gasteiger partial charge >= 0.3 is 0 Å². The van der Waals surface area contributed by atoms with E-state index in [9.17, 15) is 4.79 Å². The number of aldehydes is 1. The smallest absolute Gasteiger partial charge is 0.185 e. The summed E-state index contributed by atoms with van der Waals surface area (Å²) in [5.41, 5.74) is 0. The highest BCUT2D eigenvalue weighted by atomic mass is 16.3. The highest BCUT2D eigenvalue weighted by Gasteiger charge is 2.19. The monoisotopic (exact) mass is 206 g/mol. The molecule has 0 atom stereocenters. The van der Waals surface area contributed by atoms with Crippen LogP contribution < -0.4 is 0 Å². The van der Waals surface area contributed by atoms with Crippen molar-refractivity contribution in [2.45, 2.75) is 39.0 Å². The molecule has 1 fully saturated rings. The van der Waals surface area contributed by atoms with Gasteiger partial charge in [0, 0.05) is 6.42 Å². The summed E-state index contributed by atoms with van der Waals surface area (Å²) < 4.78 is 5.39. The van der Waals surface area contributed by atoms with Crippen molar-refractivity contribution in [3.8, 4) is 0 Å². The number of furan rings is 1. The van der Waals surface area contributed by atoms with Gasteiger partial charge in [-0.1, -0.05) is 19.8 Å². The first kappa shape index (κ1) is 10.5. The first-order valence-electron chi connectivity index (χ1n) is 5.82. The third kappa shape index (κ3) is 2.71. The number of hydrogen-bond donors (Lipinski definition) is 0. The molecule has 0 N–H and O–H groups in total. The zero-order valence-electron chi connectivity index (χ0n) is 9.24. The van der Waals surface area contributed by atoms with Crippen LogP contribution in [0.15, 0.2) is 16.5 Å². The van der Waals surface area contributed by atoms with Gasteiger partial charge in [-0.05, 0) is 36.8 Å². The van der Waals surface area contributed by atoms with E-state index in [1.165, 1.54) is 25.7 Å². The minimum Gasteiger partial charge on any atom is -0.458 e. The summed E-state index contributed by atoms with van der Waals surface area (Å²) in [6, 6.07) is 3.69. The highest BCUT2D eigenvalue weighted by molar-refractivity contribution is 5.70. The van der Waals surface area contributed by atoms with E-state index >= 15 is 0 Å². The van der Waals surface area contributed by atoms with Crippen molar-refractivity contribution < 1.29 is 9.21 Å². The zero-order chi connectivity index (χ0) is 10.7. The van der Waals surface area contributed by atoms with Crippen LogP contribution in [0.5, 0.6) is 0 Å². The van der Waals surface area contributed by atoms with E-state index in [1.807, 2.05) is 6.07 Å². The van der Waals surface area contributed by atoms with E-state index < -0.39 is 0 Å². The highest BCUT2D eigenvalue weighted by Crippen LogP contribution is 2.30. The first-order chi connectivity index (χ1) is 7.28. The first-order valence-corrected chi connectivity index (χ1v) is 5.82. The van der Waals surface area contributed by atoms with Crippen molar-refractivity contribution in [3.63, 3.8) is 0 Å². The van der Waals surface area contributed by atoms with Gasteiger partial charge in [-0.3, -0.25) is 4.79 Å². The fraction of sp³-hybridized carbons (Fsp3) is 0.615. The Bertz CT molecular complexity index is 319. The minimum atomic E-state index is 0.453. The Morgan fingerprint density at radius 1 is 1.33 bits per heavy atom. The van der Waals surface area contributed by atoms with Gasteiger partial charge < -0.3 is 4.42 Å². The standard InChI is InChI=1S/C13H18O2/c1-10-2-4-11(5-3-10)8-12-6-7-13(9-14)15-12/h6-7,9-11H,2-5,8H2,1H3. The second kappa shape index (κ2) is 4.65. The van der Waals surface area contributed by atoms with Crippen molar-refractivity contribution in [2.24, 2.45) is 11.8 Å². The minimum absolute atomic E-state index is 0.453. The molecular weight excluding hydrogens is 188 g/mol. The molecule has 2 nitrogen and oxygen atoms in total. The molecule has 0 spiro atoms. The molecular formula is C13H18O2. The number of rotatable bonds is 3. The Kier molecular flexibility index (Phi) is 3.24. The van der Waals surface area contributed by atoms with E-state index in [2.05, 4.69) is 6.92 Å². The maximum atomic E-state index is 10.5. The average molecular weight is 206 g/mol. The molecule has 0 bridgehead atoms. The molecule has 0 radical (unpaired) electrons. The number of carbonyl (C=O) groups excluding carboxylic acids is 1. The fourth-order valence-corrected chi connectivity index (χ4v) is 2.39. The van der Waals surface area contributed by atoms with E-state index in [1.54, 1.807) is 6.07 Å². The second-order valence-electron chi connectivity index (χ2n) is 4.75. The van der Waals surface area contributed by atoms with E-state index in [0.717, 1.165) is 30.3 Å². The van der Waals surface area contributed by atoms with Crippen LogP contribution in [0.1, 0.15) is 48.9 Å². The third-order valence-corrected chi connectivity index (χ3v) is 3.42. The van der Waals surface area contributed by atoms with Gasteiger partial charge in [0.1, 0.15) is 5.76 Å². The van der Waals surface area contributed by atoms with Crippen molar-refractivity contribution >= 4 is 6.29 Å². The van der Waals surface area contributed by atoms with Gasteiger partial charge in [0.2, 0.25) is 0 Å². The summed E-state index contributed by atoms with van der Waals surface area (Å²) in [7, 11) is 0. The summed E-state index contributed by atoms with van der Waals surface area (Å²) in [6.07, 6.45) is 7.06. The molecule has 15 heavy (non-hydrogen) atoms. The number of hydrogen-bond acceptors (Lipinski definition) is 2. The van der Waals surface area contributed by atoms with Gasteiger partial charge in [-0.15, -0.1) is 0 Å². The summed E-state index contributed by atoms with van der Waals surface area (Å²) in [6.45, 7) is 2.33. The summed E-state index contributed by atoms with van der Waals surface area (Å²) in [5.74, 6) is 3.07. The molecule has 0 aliphatic heterocycles. The zero-order valence-corrected chi connectivity index (χ0v) is 9.24. The van der Waals surface area contributed by atoms with Gasteiger partial charge in [-0.25, -0.2) is 0 Å². The normalized spacial score (nSPS) is 26.5. The lowest BCUT2D eigenvalue weighted by atomic mass is 9.81. The topological polar surface area (TPSA) is 30.2 Å². The molecule has 1 aromatic rings. The molecule has 1 aliphatic rings. The van der Waals surface area contributed by atoms with Gasteiger partial charge in [0.15, 0.2) is 12.0 Å². The number of carbonyl (C=O) groups is 1. The maximum Gasteiger partial charge on any atom is 0.185 e. The average Bonchev–Trinajstić information content (AvgIpc) is 2.69. The SMILES string of the molecule is CC1CCC(Cc2ccc(C=O)o2)CC1. The Morgan fingerprint density at radius 2 is 2.07 bits per heavy atom. The summed E-state index contributed by atoms with van der Waals surface area (Å²) >= 11 is 0. The molecule has 2 rings (SSSR count). The molecule has 1 saturated carbocycles. The van der Waals surface area contributed by atoms with Crippen molar-refractivity contribution in [1.29, 1.82) is 0 Å². The van der Waals surface area contributed by atoms with Gasteiger partial charge in [-0.2, -0.15) is 0 Å². The molecule has 0 amide bonds. The quantitative estimate of drug-likeness (QED) is 0.709. The Morgan fingerprint density at radius 3 is 2.67 bits per heavy atom. The predicted molar refractivity (Wildman–Crippen MR) is 58.9 cm³/mol. The van der Waals surface area contributed by atoms with E-state index in [4.69, 9.17) is 4.42 Å². The van der Waals surface area contributed by atoms with Crippen LogP contribution in [0.3, 0.4) is 0 Å². The van der Waals surface area contributed by atoms with Crippen LogP contribution in [0, 0.1) is 11.8 Å². The van der Waals surface area contributed by atoms with Crippen LogP contribution in [-0.4, -0.2) is 6.29 Å². The molecule has 0 aromatic carbocycles. The Balaban J connectivity index is 1.88. The second-order valence-corrected chi connectivity index (χ2v) is 4.75. The van der Waals surface area contributed by atoms with Gasteiger partial charge in [0.25, 0.3) is 0 Å². The van der Waals surface area contributed by atoms with Crippen molar-refractivity contribution in [2.75, 3.05) is 0 Å². The Labute approximate surface area is 90.7 Å². The summed E-state index contributed by atoms with van der Waals surface area (Å²) in [5, 5.41) is 0. The van der Waals surface area contributed by atoms with Crippen LogP contribution in [-0.2, 0) is 6.42 Å². The molecule has 1 aliphatic carbocycles. The van der Waals surface area contributed by atoms with Crippen LogP contribution in [0.4, 0.5) is 0 Å². The van der Waals surface area contributed by atoms with Crippen LogP contribution in [0.2, 0.25) is 0 Å². The maximum absolute atomic E-state index is 10.5. The van der Waals surface area contributed by atoms with Crippen LogP contribution >= 0.6 is 0 Å².